The van der Waals surface area contributed by atoms with Crippen LogP contribution in [0, 0.1) is 6.92 Å². The van der Waals surface area contributed by atoms with Gasteiger partial charge in [0.15, 0.2) is 35.1 Å². The summed E-state index contributed by atoms with van der Waals surface area (Å²) < 4.78 is 13.3. The van der Waals surface area contributed by atoms with Crippen LogP contribution in [-0.4, -0.2) is 77.1 Å². The van der Waals surface area contributed by atoms with Crippen molar-refractivity contribution in [2.45, 2.75) is 75.1 Å². The molecule has 2 aromatic carbocycles. The number of aliphatic hydroxyl groups is 1. The molecule has 47 heavy (non-hydrogen) atoms. The number of imidazole rings is 1. The van der Waals surface area contributed by atoms with E-state index in [2.05, 4.69) is 50.1 Å². The summed E-state index contributed by atoms with van der Waals surface area (Å²) in [6, 6.07) is 21.0. The second-order valence-corrected chi connectivity index (χ2v) is 12.2. The van der Waals surface area contributed by atoms with Crippen LogP contribution < -0.4 is 16.4 Å². The number of benzene rings is 2. The minimum absolute atomic E-state index is 0.0329. The van der Waals surface area contributed by atoms with Gasteiger partial charge in [0.25, 0.3) is 6.47 Å². The Balaban J connectivity index is 1.25. The number of ether oxygens (including phenoxy) is 2. The number of aromatic amines is 1. The van der Waals surface area contributed by atoms with E-state index in [-0.39, 0.29) is 18.0 Å². The molecule has 0 unspecified atom stereocenters. The Morgan fingerprint density at radius 2 is 1.77 bits per heavy atom. The quantitative estimate of drug-likeness (QED) is 0.133. The Bertz CT molecular complexity index is 1750. The predicted octanol–water partition coefficient (Wildman–Crippen LogP) is 3.35. The highest BCUT2D eigenvalue weighted by Crippen LogP contribution is 2.41. The van der Waals surface area contributed by atoms with Crippen molar-refractivity contribution in [1.82, 2.24) is 34.7 Å². The number of H-pyrrole nitrogens is 1. The summed E-state index contributed by atoms with van der Waals surface area (Å²) in [6.07, 6.45) is 1.02. The smallest absolute Gasteiger partial charge is 0.293 e. The Hall–Kier alpha value is -4.92. The van der Waals surface area contributed by atoms with E-state index >= 15 is 0 Å². The number of hydrogen-bond acceptors (Lipinski definition) is 12. The van der Waals surface area contributed by atoms with Gasteiger partial charge in [0.1, 0.15) is 18.0 Å². The molecular formula is C33H38N10O4. The predicted molar refractivity (Wildman–Crippen MR) is 173 cm³/mol. The zero-order valence-corrected chi connectivity index (χ0v) is 25.9. The molecule has 3 aromatic heterocycles. The fourth-order valence-electron chi connectivity index (χ4n) is 6.54. The van der Waals surface area contributed by atoms with Crippen LogP contribution in [0.5, 0.6) is 0 Å². The Morgan fingerprint density at radius 3 is 2.40 bits per heavy atom. The van der Waals surface area contributed by atoms with Crippen molar-refractivity contribution in [2.24, 2.45) is 5.73 Å². The number of carbonyl (C=O) groups is 1. The third kappa shape index (κ3) is 6.39. The molecule has 0 radical (unpaired) electrons. The molecule has 4 heterocycles. The van der Waals surface area contributed by atoms with E-state index in [4.69, 9.17) is 30.2 Å². The maximum atomic E-state index is 11.6. The molecule has 5 aromatic rings. The lowest BCUT2D eigenvalue weighted by molar-refractivity contribution is -0.142. The highest BCUT2D eigenvalue weighted by atomic mass is 16.6. The van der Waals surface area contributed by atoms with Crippen molar-refractivity contribution in [3.8, 4) is 0 Å². The number of nitrogens with zero attached hydrogens (tertiary/aromatic N) is 6. The van der Waals surface area contributed by atoms with E-state index < -0.39 is 24.5 Å². The summed E-state index contributed by atoms with van der Waals surface area (Å²) in [5.41, 5.74) is 9.44. The summed E-state index contributed by atoms with van der Waals surface area (Å²) >= 11 is 0. The van der Waals surface area contributed by atoms with Crippen molar-refractivity contribution >= 4 is 29.4 Å². The lowest BCUT2D eigenvalue weighted by atomic mass is 9.91. The lowest BCUT2D eigenvalue weighted by Crippen LogP contribution is -2.33. The second kappa shape index (κ2) is 13.4. The van der Waals surface area contributed by atoms with E-state index in [1.54, 1.807) is 17.8 Å². The number of nitrogens with two attached hydrogens (primary N) is 1. The molecule has 0 amide bonds. The minimum atomic E-state index is -1.23. The van der Waals surface area contributed by atoms with Gasteiger partial charge in [-0.2, -0.15) is 9.97 Å². The molecule has 4 atom stereocenters. The summed E-state index contributed by atoms with van der Waals surface area (Å²) in [4.78, 5) is 29.1. The molecule has 0 spiro atoms. The van der Waals surface area contributed by atoms with Crippen LogP contribution in [0.2, 0.25) is 0 Å². The van der Waals surface area contributed by atoms with E-state index in [0.29, 0.717) is 47.6 Å². The van der Waals surface area contributed by atoms with Crippen LogP contribution >= 0.6 is 0 Å². The third-order valence-electron chi connectivity index (χ3n) is 8.99. The number of aryl methyl sites for hydroxylation is 1. The molecule has 2 fully saturated rings. The van der Waals surface area contributed by atoms with Gasteiger partial charge in [0, 0.05) is 24.5 Å². The number of rotatable bonds is 11. The summed E-state index contributed by atoms with van der Waals surface area (Å²) in [7, 11) is 0. The highest BCUT2D eigenvalue weighted by molar-refractivity contribution is 5.84. The maximum absolute atomic E-state index is 11.6. The van der Waals surface area contributed by atoms with Crippen LogP contribution in [0.15, 0.2) is 67.0 Å². The van der Waals surface area contributed by atoms with Crippen molar-refractivity contribution in [2.75, 3.05) is 17.2 Å². The van der Waals surface area contributed by atoms with Gasteiger partial charge in [-0.1, -0.05) is 60.7 Å². The fraction of sp³-hybridized carbons (Fsp3) is 0.394. The molecule has 2 aliphatic rings. The molecule has 7 rings (SSSR count). The van der Waals surface area contributed by atoms with E-state index in [1.165, 1.54) is 0 Å². The van der Waals surface area contributed by atoms with Gasteiger partial charge < -0.3 is 35.9 Å². The number of carbonyl (C=O) groups excluding carboxylic acids is 1. The third-order valence-corrected chi connectivity index (χ3v) is 8.99. The monoisotopic (exact) mass is 638 g/mol. The summed E-state index contributed by atoms with van der Waals surface area (Å²) in [6.45, 7) is 2.58. The summed E-state index contributed by atoms with van der Waals surface area (Å²) in [5, 5.41) is 26.4. The minimum Gasteiger partial charge on any atom is -0.457 e. The molecule has 0 bridgehead atoms. The van der Waals surface area contributed by atoms with E-state index in [1.807, 2.05) is 36.4 Å². The molecule has 1 saturated heterocycles. The van der Waals surface area contributed by atoms with Crippen molar-refractivity contribution in [3.63, 3.8) is 0 Å². The molecule has 1 aliphatic heterocycles. The SMILES string of the molecule is Cc1nnc([C@H]2O[C@@H](n3cnc4c(NCC(c5ccccc5)c5ccccc5)nc(N[C@H]5CC[C@H](N)CC5)nc43)[C@H](OC=O)[C@@H]2O)[nH]1. The van der Waals surface area contributed by atoms with Crippen LogP contribution in [0.3, 0.4) is 0 Å². The van der Waals surface area contributed by atoms with Gasteiger partial charge in [-0.3, -0.25) is 9.36 Å². The standard InChI is InChI=1S/C33H38N10O4/c1-19-37-30(42-41-19)27-26(45)28(46-18-44)32(47-27)43-17-36-25-29(39-33(40-31(25)43)38-23-14-12-22(34)13-15-23)35-16-24(20-8-4-2-5-9-20)21-10-6-3-7-11-21/h2-11,17-18,22-24,26-28,32,45H,12-16,34H2,1H3,(H,37,41,42)(H2,35,38,39,40)/t22-,23-,26-,27+,28-,32-/m1/s1. The van der Waals surface area contributed by atoms with Crippen LogP contribution in [0.25, 0.3) is 11.2 Å². The van der Waals surface area contributed by atoms with Crippen molar-refractivity contribution in [3.05, 3.63) is 89.8 Å². The number of aliphatic hydroxyl groups excluding tert-OH is 1. The first-order chi connectivity index (χ1) is 23.0. The number of anilines is 2. The van der Waals surface area contributed by atoms with Crippen LogP contribution in [0.4, 0.5) is 11.8 Å². The molecule has 1 saturated carbocycles. The number of aromatic nitrogens is 7. The van der Waals surface area contributed by atoms with Crippen molar-refractivity contribution in [1.29, 1.82) is 0 Å². The van der Waals surface area contributed by atoms with Gasteiger partial charge >= 0.3 is 0 Å². The van der Waals surface area contributed by atoms with Gasteiger partial charge in [-0.05, 0) is 43.7 Å². The van der Waals surface area contributed by atoms with Crippen LogP contribution in [-0.2, 0) is 14.3 Å². The van der Waals surface area contributed by atoms with E-state index in [9.17, 15) is 9.90 Å². The first-order valence-electron chi connectivity index (χ1n) is 15.9. The summed E-state index contributed by atoms with van der Waals surface area (Å²) in [5.74, 6) is 1.88. The van der Waals surface area contributed by atoms with Gasteiger partial charge in [-0.25, -0.2) is 4.98 Å². The normalized spacial score (nSPS) is 24.4. The first-order valence-corrected chi connectivity index (χ1v) is 15.9. The average molecular weight is 639 g/mol. The Kier molecular flexibility index (Phi) is 8.78. The van der Waals surface area contributed by atoms with Gasteiger partial charge in [0.05, 0.1) is 6.33 Å². The fourth-order valence-corrected chi connectivity index (χ4v) is 6.54. The molecule has 1 aliphatic carbocycles. The van der Waals surface area contributed by atoms with Gasteiger partial charge in [-0.15, -0.1) is 10.2 Å². The molecule has 6 N–H and O–H groups in total. The largest absolute Gasteiger partial charge is 0.457 e. The first kappa shape index (κ1) is 30.7. The molecule has 14 nitrogen and oxygen atoms in total. The Morgan fingerprint density at radius 1 is 1.06 bits per heavy atom. The number of hydrogen-bond donors (Lipinski definition) is 5. The van der Waals surface area contributed by atoms with Gasteiger partial charge in [0.2, 0.25) is 5.95 Å². The van der Waals surface area contributed by atoms with Crippen molar-refractivity contribution < 1.29 is 19.4 Å². The topological polar surface area (TPSA) is 191 Å². The average Bonchev–Trinajstić information content (AvgIpc) is 3.80. The Labute approximate surface area is 271 Å². The number of fused-ring (bicyclic) bond motifs is 1. The second-order valence-electron chi connectivity index (χ2n) is 12.2. The molecular weight excluding hydrogens is 600 g/mol. The zero-order valence-electron chi connectivity index (χ0n) is 25.9. The number of nitrogens with one attached hydrogen (secondary N) is 3. The zero-order chi connectivity index (χ0) is 32.3. The maximum Gasteiger partial charge on any atom is 0.293 e. The highest BCUT2D eigenvalue weighted by Gasteiger charge is 2.49. The lowest BCUT2D eigenvalue weighted by Gasteiger charge is -2.27. The molecule has 244 valence electrons. The van der Waals surface area contributed by atoms with E-state index in [0.717, 1.165) is 36.8 Å². The molecule has 14 heteroatoms. The van der Waals surface area contributed by atoms with Crippen LogP contribution in [0.1, 0.15) is 66.7 Å².